The lowest BCUT2D eigenvalue weighted by atomic mass is 10.2. The van der Waals surface area contributed by atoms with Gasteiger partial charge in [0.1, 0.15) is 17.2 Å². The summed E-state index contributed by atoms with van der Waals surface area (Å²) in [5, 5.41) is 1.95. The minimum Gasteiger partial charge on any atom is -0.329 e. The molecule has 0 radical (unpaired) electrons. The molecule has 1 heterocycles. The fourth-order valence-electron chi connectivity index (χ4n) is 2.23. The number of sulfonamides is 1. The highest BCUT2D eigenvalue weighted by molar-refractivity contribution is 7.92. The first-order chi connectivity index (χ1) is 14.3. The van der Waals surface area contributed by atoms with E-state index in [-0.39, 0.29) is 17.1 Å². The van der Waals surface area contributed by atoms with Crippen molar-refractivity contribution in [3.63, 3.8) is 0 Å². The number of hydrogen-bond donors (Lipinski definition) is 3. The number of halogens is 5. The van der Waals surface area contributed by atoms with E-state index in [4.69, 9.17) is 0 Å². The second-order valence-corrected chi connectivity index (χ2v) is 7.99. The van der Waals surface area contributed by atoms with E-state index >= 15 is 0 Å². The van der Waals surface area contributed by atoms with Gasteiger partial charge in [0.05, 0.1) is 24.2 Å². The lowest BCUT2D eigenvalue weighted by molar-refractivity contribution is -0.129. The average molecular weight is 465 g/mol. The second-order valence-electron chi connectivity index (χ2n) is 6.15. The molecule has 0 bridgehead atoms. The topological polar surface area (TPSA) is 116 Å². The number of H-pyrrole nitrogens is 1. The standard InChI is InChI=1S/C17H16F5N5O3S/c1-9(7-12-15(23-2)25-8-24-12)16(28)26-14-10(18)3-4-11(13(14)19)27-31(29,30)6-5-17(20,21)22/h3-4,7-8,27H,2,5-6H2,1H3,(H,24,25)(H,26,28)/b9-7+. The number of benzene rings is 1. The molecule has 2 aromatic rings. The van der Waals surface area contributed by atoms with E-state index in [0.29, 0.717) is 12.1 Å². The number of amides is 1. The number of nitrogens with one attached hydrogen (secondary N) is 3. The molecule has 0 unspecified atom stereocenters. The van der Waals surface area contributed by atoms with Gasteiger partial charge in [-0.05, 0) is 31.9 Å². The third-order valence-corrected chi connectivity index (χ3v) is 5.04. The lowest BCUT2D eigenvalue weighted by Crippen LogP contribution is -2.23. The van der Waals surface area contributed by atoms with Crippen LogP contribution in [0.2, 0.25) is 0 Å². The van der Waals surface area contributed by atoms with E-state index in [2.05, 4.69) is 21.7 Å². The van der Waals surface area contributed by atoms with Crippen LogP contribution in [0.4, 0.5) is 39.1 Å². The van der Waals surface area contributed by atoms with Crippen LogP contribution in [0.3, 0.4) is 0 Å². The van der Waals surface area contributed by atoms with Gasteiger partial charge >= 0.3 is 6.18 Å². The summed E-state index contributed by atoms with van der Waals surface area (Å²) in [7, 11) is -4.59. The van der Waals surface area contributed by atoms with Crippen LogP contribution in [-0.4, -0.2) is 42.9 Å². The van der Waals surface area contributed by atoms with Crippen LogP contribution >= 0.6 is 0 Å². The Morgan fingerprint density at radius 3 is 2.61 bits per heavy atom. The van der Waals surface area contributed by atoms with Crippen LogP contribution in [0.25, 0.3) is 6.08 Å². The smallest absolute Gasteiger partial charge is 0.329 e. The number of imidazole rings is 1. The fraction of sp³-hybridized carbons (Fsp3) is 0.235. The van der Waals surface area contributed by atoms with Crippen molar-refractivity contribution < 1.29 is 35.2 Å². The number of aliphatic imine (C=N–C) groups is 1. The number of carbonyl (C=O) groups is 1. The zero-order valence-electron chi connectivity index (χ0n) is 15.8. The molecule has 0 spiro atoms. The van der Waals surface area contributed by atoms with Crippen molar-refractivity contribution in [2.24, 2.45) is 4.99 Å². The molecule has 0 saturated carbocycles. The van der Waals surface area contributed by atoms with Crippen LogP contribution in [0.5, 0.6) is 0 Å². The summed E-state index contributed by atoms with van der Waals surface area (Å²) in [6.45, 7) is 4.62. The van der Waals surface area contributed by atoms with Gasteiger partial charge in [0, 0.05) is 5.57 Å². The molecule has 0 aliphatic carbocycles. The second kappa shape index (κ2) is 9.24. The SMILES string of the molecule is C=Nc1[nH]cnc1/C=C(\C)C(=O)Nc1c(F)ccc(NS(=O)(=O)CCC(F)(F)F)c1F. The lowest BCUT2D eigenvalue weighted by Gasteiger charge is -2.14. The van der Waals surface area contributed by atoms with Crippen molar-refractivity contribution in [1.29, 1.82) is 0 Å². The quantitative estimate of drug-likeness (QED) is 0.313. The number of aromatic nitrogens is 2. The first kappa shape index (κ1) is 24.0. The number of carbonyl (C=O) groups excluding carboxylic acids is 1. The van der Waals surface area contributed by atoms with Gasteiger partial charge in [-0.2, -0.15) is 13.2 Å². The summed E-state index contributed by atoms with van der Waals surface area (Å²) < 4.78 is 90.5. The number of nitrogens with zero attached hydrogens (tertiary/aromatic N) is 2. The Morgan fingerprint density at radius 1 is 1.32 bits per heavy atom. The van der Waals surface area contributed by atoms with Crippen molar-refractivity contribution >= 4 is 45.9 Å². The van der Waals surface area contributed by atoms with E-state index in [1.165, 1.54) is 19.3 Å². The van der Waals surface area contributed by atoms with Crippen LogP contribution < -0.4 is 10.0 Å². The molecule has 1 amide bonds. The molecule has 1 aromatic heterocycles. The van der Waals surface area contributed by atoms with Gasteiger partial charge in [-0.15, -0.1) is 0 Å². The Hall–Kier alpha value is -3.29. The Balaban J connectivity index is 2.24. The maximum absolute atomic E-state index is 14.6. The minimum absolute atomic E-state index is 0.0352. The Morgan fingerprint density at radius 2 is 2.00 bits per heavy atom. The summed E-state index contributed by atoms with van der Waals surface area (Å²) in [5.74, 6) is -4.80. The third-order valence-electron chi connectivity index (χ3n) is 3.77. The van der Waals surface area contributed by atoms with Gasteiger partial charge in [-0.25, -0.2) is 27.2 Å². The molecular weight excluding hydrogens is 449 g/mol. The highest BCUT2D eigenvalue weighted by Crippen LogP contribution is 2.28. The highest BCUT2D eigenvalue weighted by atomic mass is 32.2. The van der Waals surface area contributed by atoms with Gasteiger partial charge in [0.25, 0.3) is 5.91 Å². The zero-order chi connectivity index (χ0) is 23.4. The molecule has 14 heteroatoms. The molecular formula is C17H16F5N5O3S. The molecule has 8 nitrogen and oxygen atoms in total. The molecule has 3 N–H and O–H groups in total. The van der Waals surface area contributed by atoms with Crippen LogP contribution in [0.1, 0.15) is 19.0 Å². The molecule has 0 saturated heterocycles. The zero-order valence-corrected chi connectivity index (χ0v) is 16.7. The van der Waals surface area contributed by atoms with E-state index in [9.17, 15) is 35.2 Å². The monoisotopic (exact) mass is 465 g/mol. The van der Waals surface area contributed by atoms with Gasteiger partial charge in [-0.1, -0.05) is 0 Å². The molecule has 0 fully saturated rings. The van der Waals surface area contributed by atoms with Crippen molar-refractivity contribution in [3.05, 3.63) is 41.4 Å². The Bertz CT molecular complexity index is 1130. The summed E-state index contributed by atoms with van der Waals surface area (Å²) >= 11 is 0. The van der Waals surface area contributed by atoms with Gasteiger partial charge in [-0.3, -0.25) is 9.52 Å². The number of anilines is 2. The summed E-state index contributed by atoms with van der Waals surface area (Å²) in [4.78, 5) is 22.5. The predicted octanol–water partition coefficient (Wildman–Crippen LogP) is 3.76. The predicted molar refractivity (Wildman–Crippen MR) is 105 cm³/mol. The summed E-state index contributed by atoms with van der Waals surface area (Å²) in [6.07, 6.45) is -3.86. The molecule has 168 valence electrons. The number of rotatable bonds is 8. The van der Waals surface area contributed by atoms with E-state index in [1.807, 2.05) is 5.32 Å². The average Bonchev–Trinajstić information content (AvgIpc) is 3.12. The molecule has 0 aliphatic rings. The molecule has 1 aromatic carbocycles. The highest BCUT2D eigenvalue weighted by Gasteiger charge is 2.30. The van der Waals surface area contributed by atoms with Crippen LogP contribution in [0.15, 0.2) is 29.0 Å². The maximum atomic E-state index is 14.6. The Kier molecular flexibility index (Phi) is 7.15. The number of hydrogen-bond acceptors (Lipinski definition) is 5. The van der Waals surface area contributed by atoms with Gasteiger partial charge < -0.3 is 10.3 Å². The largest absolute Gasteiger partial charge is 0.390 e. The normalized spacial score (nSPS) is 12.5. The van der Waals surface area contributed by atoms with Crippen LogP contribution in [-0.2, 0) is 14.8 Å². The van der Waals surface area contributed by atoms with Crippen molar-refractivity contribution in [2.75, 3.05) is 15.8 Å². The Labute approximate surface area is 173 Å². The number of alkyl halides is 3. The molecule has 31 heavy (non-hydrogen) atoms. The minimum atomic E-state index is -4.74. The molecule has 0 atom stereocenters. The van der Waals surface area contributed by atoms with Gasteiger partial charge in [0.2, 0.25) is 10.0 Å². The van der Waals surface area contributed by atoms with E-state index in [1.54, 1.807) is 4.72 Å². The summed E-state index contributed by atoms with van der Waals surface area (Å²) in [5.41, 5.74) is -1.62. The van der Waals surface area contributed by atoms with Crippen LogP contribution in [0, 0.1) is 11.6 Å². The number of aromatic amines is 1. The van der Waals surface area contributed by atoms with Crippen molar-refractivity contribution in [1.82, 2.24) is 9.97 Å². The first-order valence-electron chi connectivity index (χ1n) is 8.38. The van der Waals surface area contributed by atoms with E-state index in [0.717, 1.165) is 0 Å². The summed E-state index contributed by atoms with van der Waals surface area (Å²) in [6, 6.07) is 1.33. The van der Waals surface area contributed by atoms with Crippen molar-refractivity contribution in [2.45, 2.75) is 19.5 Å². The third kappa shape index (κ3) is 6.60. The molecule has 0 aliphatic heterocycles. The van der Waals surface area contributed by atoms with Crippen molar-refractivity contribution in [3.8, 4) is 0 Å². The maximum Gasteiger partial charge on any atom is 0.390 e. The van der Waals surface area contributed by atoms with Gasteiger partial charge in [0.15, 0.2) is 11.6 Å². The van der Waals surface area contributed by atoms with E-state index < -0.39 is 57.3 Å². The first-order valence-corrected chi connectivity index (χ1v) is 10.0. The molecule has 2 rings (SSSR count). The fourth-order valence-corrected chi connectivity index (χ4v) is 3.32.